The van der Waals surface area contributed by atoms with Crippen LogP contribution in [0.2, 0.25) is 0 Å². The lowest BCUT2D eigenvalue weighted by Crippen LogP contribution is -2.26. The number of rotatable bonds is 4. The van der Waals surface area contributed by atoms with E-state index in [2.05, 4.69) is 15.6 Å². The molecule has 0 unspecified atom stereocenters. The summed E-state index contributed by atoms with van der Waals surface area (Å²) < 4.78 is 14.0. The molecule has 104 valence electrons. The predicted octanol–water partition coefficient (Wildman–Crippen LogP) is 1.44. The second-order valence-corrected chi connectivity index (χ2v) is 3.94. The highest BCUT2D eigenvalue weighted by Crippen LogP contribution is 2.32. The highest BCUT2D eigenvalue weighted by molar-refractivity contribution is 5.97. The Morgan fingerprint density at radius 2 is 2.30 bits per heavy atom. The first-order valence-electron chi connectivity index (χ1n) is 5.70. The van der Waals surface area contributed by atoms with Gasteiger partial charge in [-0.05, 0) is 12.1 Å². The molecular weight excluding hydrogens is 267 g/mol. The maximum Gasteiger partial charge on any atom is 0.281 e. The zero-order chi connectivity index (χ0) is 14.7. The van der Waals surface area contributed by atoms with E-state index in [9.17, 15) is 19.3 Å². The molecular formula is C12H11FN4O3. The Kier molecular flexibility index (Phi) is 3.74. The van der Waals surface area contributed by atoms with E-state index < -0.39 is 10.7 Å². The number of likely N-dealkylation sites (N-methyl/N-ethyl adjacent to an activating group) is 1. The molecule has 1 aromatic carbocycles. The fraction of sp³-hybridized carbons (Fsp3) is 0.167. The first-order chi connectivity index (χ1) is 9.54. The van der Waals surface area contributed by atoms with Crippen LogP contribution in [0.15, 0.2) is 24.4 Å². The van der Waals surface area contributed by atoms with E-state index in [1.165, 1.54) is 25.4 Å². The van der Waals surface area contributed by atoms with Gasteiger partial charge in [-0.3, -0.25) is 19.9 Å². The number of nitrogens with one attached hydrogen (secondary N) is 2. The standard InChI is InChI=1S/C12H11FN4O3/c1-14-10(18)6-16-12-8(13)5-9(17(19)20)7-3-2-4-15-11(7)12/h2-5,16H,6H2,1H3,(H,14,18). The first kappa shape index (κ1) is 13.7. The number of nitrogens with zero attached hydrogens (tertiary/aromatic N) is 2. The number of carbonyl (C=O) groups is 1. The van der Waals surface area contributed by atoms with Gasteiger partial charge in [0.05, 0.1) is 28.6 Å². The second kappa shape index (κ2) is 5.47. The molecule has 1 aromatic heterocycles. The van der Waals surface area contributed by atoms with Gasteiger partial charge in [-0.2, -0.15) is 0 Å². The molecule has 20 heavy (non-hydrogen) atoms. The summed E-state index contributed by atoms with van der Waals surface area (Å²) in [6, 6.07) is 3.82. The van der Waals surface area contributed by atoms with Gasteiger partial charge in [0.2, 0.25) is 5.91 Å². The summed E-state index contributed by atoms with van der Waals surface area (Å²) in [6.07, 6.45) is 1.40. The molecule has 0 bridgehead atoms. The minimum atomic E-state index is -0.827. The molecule has 0 radical (unpaired) electrons. The molecule has 0 saturated heterocycles. The fourth-order valence-electron chi connectivity index (χ4n) is 1.77. The van der Waals surface area contributed by atoms with Gasteiger partial charge in [-0.15, -0.1) is 0 Å². The fourth-order valence-corrected chi connectivity index (χ4v) is 1.77. The van der Waals surface area contributed by atoms with Crippen molar-refractivity contribution in [2.75, 3.05) is 18.9 Å². The van der Waals surface area contributed by atoms with Gasteiger partial charge in [0.1, 0.15) is 5.52 Å². The third-order valence-corrected chi connectivity index (χ3v) is 2.72. The van der Waals surface area contributed by atoms with E-state index in [1.807, 2.05) is 0 Å². The summed E-state index contributed by atoms with van der Waals surface area (Å²) >= 11 is 0. The van der Waals surface area contributed by atoms with Gasteiger partial charge in [-0.25, -0.2) is 4.39 Å². The average Bonchev–Trinajstić information content (AvgIpc) is 2.45. The minimum Gasteiger partial charge on any atom is -0.372 e. The number of pyridine rings is 1. The van der Waals surface area contributed by atoms with Crippen LogP contribution >= 0.6 is 0 Å². The van der Waals surface area contributed by atoms with Crippen molar-refractivity contribution < 1.29 is 14.1 Å². The van der Waals surface area contributed by atoms with Crippen LogP contribution in [0, 0.1) is 15.9 Å². The first-order valence-corrected chi connectivity index (χ1v) is 5.70. The van der Waals surface area contributed by atoms with Crippen LogP contribution < -0.4 is 10.6 Å². The number of carbonyl (C=O) groups excluding carboxylic acids is 1. The number of hydrogen-bond acceptors (Lipinski definition) is 5. The molecule has 0 aliphatic carbocycles. The number of nitro benzene ring substituents is 1. The van der Waals surface area contributed by atoms with Crippen LogP contribution in [0.1, 0.15) is 0 Å². The quantitative estimate of drug-likeness (QED) is 0.651. The van der Waals surface area contributed by atoms with Crippen molar-refractivity contribution in [1.29, 1.82) is 0 Å². The van der Waals surface area contributed by atoms with Crippen molar-refractivity contribution in [3.05, 3.63) is 40.3 Å². The van der Waals surface area contributed by atoms with E-state index in [4.69, 9.17) is 0 Å². The minimum absolute atomic E-state index is 0.0326. The Hall–Kier alpha value is -2.77. The van der Waals surface area contributed by atoms with E-state index >= 15 is 0 Å². The van der Waals surface area contributed by atoms with Crippen LogP contribution in [0.5, 0.6) is 0 Å². The summed E-state index contributed by atoms with van der Waals surface area (Å²) in [5, 5.41) is 16.1. The van der Waals surface area contributed by atoms with Gasteiger partial charge in [0.15, 0.2) is 5.82 Å². The lowest BCUT2D eigenvalue weighted by molar-refractivity contribution is -0.383. The number of halogens is 1. The number of non-ortho nitro benzene ring substituents is 1. The molecule has 0 spiro atoms. The Balaban J connectivity index is 2.55. The van der Waals surface area contributed by atoms with E-state index in [1.54, 1.807) is 0 Å². The van der Waals surface area contributed by atoms with Crippen molar-refractivity contribution in [2.24, 2.45) is 0 Å². The Labute approximate surface area is 113 Å². The second-order valence-electron chi connectivity index (χ2n) is 3.94. The van der Waals surface area contributed by atoms with Crippen molar-refractivity contribution in [3.63, 3.8) is 0 Å². The monoisotopic (exact) mass is 278 g/mol. The molecule has 0 aliphatic rings. The van der Waals surface area contributed by atoms with Crippen LogP contribution in [0.25, 0.3) is 10.9 Å². The normalized spacial score (nSPS) is 10.3. The summed E-state index contributed by atoms with van der Waals surface area (Å²) in [5.74, 6) is -1.17. The largest absolute Gasteiger partial charge is 0.372 e. The number of amides is 1. The number of anilines is 1. The van der Waals surface area contributed by atoms with Crippen LogP contribution in [0.3, 0.4) is 0 Å². The van der Waals surface area contributed by atoms with Crippen LogP contribution in [-0.4, -0.2) is 29.4 Å². The number of hydrogen-bond donors (Lipinski definition) is 2. The SMILES string of the molecule is CNC(=O)CNc1c(F)cc([N+](=O)[O-])c2cccnc12. The molecule has 0 saturated carbocycles. The van der Waals surface area contributed by atoms with Gasteiger partial charge in [0.25, 0.3) is 5.69 Å². The Morgan fingerprint density at radius 1 is 1.55 bits per heavy atom. The Morgan fingerprint density at radius 3 is 2.95 bits per heavy atom. The molecule has 0 atom stereocenters. The van der Waals surface area contributed by atoms with Crippen molar-refractivity contribution in [2.45, 2.75) is 0 Å². The van der Waals surface area contributed by atoms with Gasteiger partial charge >= 0.3 is 0 Å². The summed E-state index contributed by atoms with van der Waals surface area (Å²) in [5.41, 5.74) is -0.283. The van der Waals surface area contributed by atoms with E-state index in [0.717, 1.165) is 6.07 Å². The zero-order valence-corrected chi connectivity index (χ0v) is 10.5. The third-order valence-electron chi connectivity index (χ3n) is 2.72. The third kappa shape index (κ3) is 2.48. The number of fused-ring (bicyclic) bond motifs is 1. The molecule has 1 amide bonds. The summed E-state index contributed by atoms with van der Waals surface area (Å²) in [4.78, 5) is 25.4. The molecule has 0 fully saturated rings. The molecule has 2 aromatic rings. The molecule has 8 heteroatoms. The van der Waals surface area contributed by atoms with Crippen molar-refractivity contribution in [3.8, 4) is 0 Å². The van der Waals surface area contributed by atoms with Gasteiger partial charge < -0.3 is 10.6 Å². The van der Waals surface area contributed by atoms with Gasteiger partial charge in [0, 0.05) is 13.2 Å². The number of benzene rings is 1. The van der Waals surface area contributed by atoms with E-state index in [0.29, 0.717) is 0 Å². The van der Waals surface area contributed by atoms with Crippen molar-refractivity contribution in [1.82, 2.24) is 10.3 Å². The average molecular weight is 278 g/mol. The summed E-state index contributed by atoms with van der Waals surface area (Å²) in [6.45, 7) is -0.156. The maximum absolute atomic E-state index is 14.0. The van der Waals surface area contributed by atoms with Crippen molar-refractivity contribution >= 4 is 28.2 Å². The van der Waals surface area contributed by atoms with E-state index in [-0.39, 0.29) is 34.7 Å². The molecule has 2 N–H and O–H groups in total. The lowest BCUT2D eigenvalue weighted by atomic mass is 10.1. The summed E-state index contributed by atoms with van der Waals surface area (Å²) in [7, 11) is 1.45. The molecule has 1 heterocycles. The highest BCUT2D eigenvalue weighted by atomic mass is 19.1. The van der Waals surface area contributed by atoms with Gasteiger partial charge in [-0.1, -0.05) is 0 Å². The molecule has 2 rings (SSSR count). The highest BCUT2D eigenvalue weighted by Gasteiger charge is 2.20. The zero-order valence-electron chi connectivity index (χ0n) is 10.5. The number of nitro groups is 1. The lowest BCUT2D eigenvalue weighted by Gasteiger charge is -2.10. The van der Waals surface area contributed by atoms with Crippen LogP contribution in [0.4, 0.5) is 15.8 Å². The Bertz CT molecular complexity index is 690. The smallest absolute Gasteiger partial charge is 0.281 e. The predicted molar refractivity (Wildman–Crippen MR) is 70.9 cm³/mol. The van der Waals surface area contributed by atoms with Crippen LogP contribution in [-0.2, 0) is 4.79 Å². The maximum atomic E-state index is 14.0. The number of aromatic nitrogens is 1. The topological polar surface area (TPSA) is 97.2 Å². The molecule has 7 nitrogen and oxygen atoms in total. The molecule has 0 aliphatic heterocycles.